The molecule has 0 saturated carbocycles. The number of nitrogens with one attached hydrogen (secondary N) is 1. The van der Waals surface area contributed by atoms with Crippen molar-refractivity contribution in [1.82, 2.24) is 14.9 Å². The zero-order chi connectivity index (χ0) is 11.8. The minimum Gasteiger partial charge on any atom is -0.385 e. The molecule has 1 aromatic heterocycles. The van der Waals surface area contributed by atoms with Crippen LogP contribution in [0, 0.1) is 0 Å². The van der Waals surface area contributed by atoms with E-state index in [0.717, 1.165) is 12.8 Å². The van der Waals surface area contributed by atoms with E-state index in [1.165, 1.54) is 0 Å². The molecule has 0 radical (unpaired) electrons. The minimum atomic E-state index is -0.618. The summed E-state index contributed by atoms with van der Waals surface area (Å²) in [7, 11) is 0. The number of aliphatic hydroxyl groups excluding tert-OH is 1. The van der Waals surface area contributed by atoms with Crippen LogP contribution < -0.4 is 5.32 Å². The number of aromatic nitrogens is 2. The summed E-state index contributed by atoms with van der Waals surface area (Å²) in [4.78, 5) is 8.54. The van der Waals surface area contributed by atoms with Crippen LogP contribution in [0.3, 0.4) is 0 Å². The van der Waals surface area contributed by atoms with Crippen LogP contribution in [0.5, 0.6) is 0 Å². The average molecular weight is 236 g/mol. The van der Waals surface area contributed by atoms with Gasteiger partial charge in [0.05, 0.1) is 18.8 Å². The quantitative estimate of drug-likeness (QED) is 0.759. The first-order chi connectivity index (χ1) is 8.25. The molecule has 0 amide bonds. The highest BCUT2D eigenvalue weighted by Gasteiger charge is 2.28. The Kier molecular flexibility index (Phi) is 2.60. The number of β-amino-alcohol motifs (C(OH)–C–C–N with tert-alkyl or cyclic N) is 1. The molecule has 0 aromatic carbocycles. The predicted octanol–water partition coefficient (Wildman–Crippen LogP) is 0.877. The molecule has 17 heavy (non-hydrogen) atoms. The number of aliphatic hydroxyl groups is 1. The second-order valence-corrected chi connectivity index (χ2v) is 4.52. The molecule has 2 N–H and O–H groups in total. The second kappa shape index (κ2) is 4.12. The molecule has 6 nitrogen and oxygen atoms in total. The summed E-state index contributed by atoms with van der Waals surface area (Å²) >= 11 is 0. The van der Waals surface area contributed by atoms with Gasteiger partial charge >= 0.3 is 0 Å². The van der Waals surface area contributed by atoms with Crippen molar-refractivity contribution in [3.63, 3.8) is 0 Å². The lowest BCUT2D eigenvalue weighted by Crippen LogP contribution is -2.17. The summed E-state index contributed by atoms with van der Waals surface area (Å²) in [6, 6.07) is 0. The standard InChI is InChI=1S/C11H16N4O2/c1-7-2-3-9(17-7)15-6-14-10-8(16)4-12-5-13-11(10)15/h5-9,16H,2-4H2,1H3,(H,12,13). The highest BCUT2D eigenvalue weighted by atomic mass is 16.5. The minimum absolute atomic E-state index is 0.0105. The van der Waals surface area contributed by atoms with Crippen LogP contribution in [0.4, 0.5) is 5.82 Å². The molecule has 1 fully saturated rings. The van der Waals surface area contributed by atoms with Gasteiger partial charge in [0.25, 0.3) is 0 Å². The Hall–Kier alpha value is -1.40. The normalized spacial score (nSPS) is 32.0. The predicted molar refractivity (Wildman–Crippen MR) is 62.2 cm³/mol. The third kappa shape index (κ3) is 1.83. The van der Waals surface area contributed by atoms with Crippen LogP contribution in [0.15, 0.2) is 11.3 Å². The molecule has 6 heteroatoms. The van der Waals surface area contributed by atoms with E-state index < -0.39 is 6.10 Å². The van der Waals surface area contributed by atoms with Crippen molar-refractivity contribution < 1.29 is 9.84 Å². The summed E-state index contributed by atoms with van der Waals surface area (Å²) < 4.78 is 7.70. The summed E-state index contributed by atoms with van der Waals surface area (Å²) in [5.74, 6) is 0.696. The lowest BCUT2D eigenvalue weighted by Gasteiger charge is -2.14. The molecule has 92 valence electrons. The van der Waals surface area contributed by atoms with E-state index in [1.807, 2.05) is 4.57 Å². The molecule has 3 heterocycles. The third-order valence-electron chi connectivity index (χ3n) is 3.22. The van der Waals surface area contributed by atoms with Crippen LogP contribution in [0.2, 0.25) is 0 Å². The third-order valence-corrected chi connectivity index (χ3v) is 3.22. The van der Waals surface area contributed by atoms with Gasteiger partial charge in [-0.2, -0.15) is 0 Å². The summed E-state index contributed by atoms with van der Waals surface area (Å²) in [5.41, 5.74) is 0.620. The summed E-state index contributed by atoms with van der Waals surface area (Å²) in [5, 5.41) is 12.8. The van der Waals surface area contributed by atoms with E-state index in [-0.39, 0.29) is 12.3 Å². The Balaban J connectivity index is 1.96. The first kappa shape index (κ1) is 10.7. The number of ether oxygens (including phenoxy) is 1. The van der Waals surface area contributed by atoms with Gasteiger partial charge in [-0.3, -0.25) is 4.57 Å². The molecular formula is C11H16N4O2. The fourth-order valence-electron chi connectivity index (χ4n) is 2.30. The van der Waals surface area contributed by atoms with Crippen molar-refractivity contribution in [3.8, 4) is 0 Å². The fraction of sp³-hybridized carbons (Fsp3) is 0.636. The maximum atomic E-state index is 9.89. The Labute approximate surface area is 99.3 Å². The molecule has 2 aliphatic rings. The van der Waals surface area contributed by atoms with Crippen molar-refractivity contribution in [2.75, 3.05) is 6.54 Å². The number of nitrogens with zero attached hydrogens (tertiary/aromatic N) is 3. The number of imidazole rings is 1. The Morgan fingerprint density at radius 2 is 2.41 bits per heavy atom. The van der Waals surface area contributed by atoms with E-state index in [9.17, 15) is 5.11 Å². The average Bonchev–Trinajstić information content (AvgIpc) is 2.86. The number of fused-ring (bicyclic) bond motifs is 1. The molecule has 0 spiro atoms. The fourth-order valence-corrected chi connectivity index (χ4v) is 2.30. The Bertz CT molecular complexity index is 443. The Morgan fingerprint density at radius 3 is 3.18 bits per heavy atom. The van der Waals surface area contributed by atoms with Crippen LogP contribution in [-0.4, -0.2) is 33.6 Å². The summed E-state index contributed by atoms with van der Waals surface area (Å²) in [6.07, 6.45) is 4.96. The smallest absolute Gasteiger partial charge is 0.162 e. The van der Waals surface area contributed by atoms with Crippen molar-refractivity contribution in [2.24, 2.45) is 4.99 Å². The van der Waals surface area contributed by atoms with Crippen LogP contribution in [0.1, 0.15) is 37.8 Å². The van der Waals surface area contributed by atoms with Crippen LogP contribution in [-0.2, 0) is 4.74 Å². The highest BCUT2D eigenvalue weighted by Crippen LogP contribution is 2.34. The van der Waals surface area contributed by atoms with Gasteiger partial charge in [0, 0.05) is 6.54 Å². The van der Waals surface area contributed by atoms with Gasteiger partial charge in [0.15, 0.2) is 5.82 Å². The van der Waals surface area contributed by atoms with E-state index in [2.05, 4.69) is 22.2 Å². The molecule has 3 rings (SSSR count). The van der Waals surface area contributed by atoms with Crippen molar-refractivity contribution in [1.29, 1.82) is 0 Å². The summed E-state index contributed by atoms with van der Waals surface area (Å²) in [6.45, 7) is 2.50. The van der Waals surface area contributed by atoms with E-state index in [4.69, 9.17) is 4.74 Å². The molecule has 1 saturated heterocycles. The van der Waals surface area contributed by atoms with Gasteiger partial charge < -0.3 is 15.2 Å². The SMILES string of the molecule is CC1CCC(n2cnc3c2N=CNCC3O)O1. The second-order valence-electron chi connectivity index (χ2n) is 4.52. The van der Waals surface area contributed by atoms with Crippen LogP contribution >= 0.6 is 0 Å². The van der Waals surface area contributed by atoms with Gasteiger partial charge in [0.2, 0.25) is 0 Å². The largest absolute Gasteiger partial charge is 0.385 e. The van der Waals surface area contributed by atoms with Crippen molar-refractivity contribution >= 4 is 12.2 Å². The lowest BCUT2D eigenvalue weighted by molar-refractivity contribution is 0.0119. The molecule has 3 atom stereocenters. The van der Waals surface area contributed by atoms with E-state index in [1.54, 1.807) is 12.7 Å². The molecule has 0 aliphatic carbocycles. The van der Waals surface area contributed by atoms with Crippen molar-refractivity contribution in [2.45, 2.75) is 38.2 Å². The number of aliphatic imine (C=N–C) groups is 1. The van der Waals surface area contributed by atoms with Crippen molar-refractivity contribution in [3.05, 3.63) is 12.0 Å². The van der Waals surface area contributed by atoms with Crippen LogP contribution in [0.25, 0.3) is 0 Å². The van der Waals surface area contributed by atoms with E-state index >= 15 is 0 Å². The molecular weight excluding hydrogens is 220 g/mol. The number of hydrogen-bond acceptors (Lipinski definition) is 5. The molecule has 1 aromatic rings. The molecule has 3 unspecified atom stereocenters. The zero-order valence-electron chi connectivity index (χ0n) is 9.71. The number of rotatable bonds is 1. The molecule has 2 aliphatic heterocycles. The zero-order valence-corrected chi connectivity index (χ0v) is 9.71. The topological polar surface area (TPSA) is 71.7 Å². The van der Waals surface area contributed by atoms with E-state index in [0.29, 0.717) is 18.1 Å². The van der Waals surface area contributed by atoms with Gasteiger partial charge in [-0.05, 0) is 19.8 Å². The number of hydrogen-bond donors (Lipinski definition) is 2. The monoisotopic (exact) mass is 236 g/mol. The van der Waals surface area contributed by atoms with Gasteiger partial charge in [-0.25, -0.2) is 9.98 Å². The maximum Gasteiger partial charge on any atom is 0.162 e. The maximum absolute atomic E-state index is 9.89. The van der Waals surface area contributed by atoms with Gasteiger partial charge in [-0.15, -0.1) is 0 Å². The first-order valence-corrected chi connectivity index (χ1v) is 5.92. The lowest BCUT2D eigenvalue weighted by atomic mass is 10.2. The van der Waals surface area contributed by atoms with Gasteiger partial charge in [-0.1, -0.05) is 0 Å². The highest BCUT2D eigenvalue weighted by molar-refractivity contribution is 5.62. The first-order valence-electron chi connectivity index (χ1n) is 5.92. The molecule has 0 bridgehead atoms. The van der Waals surface area contributed by atoms with Gasteiger partial charge in [0.1, 0.15) is 18.0 Å². The Morgan fingerprint density at radius 1 is 1.53 bits per heavy atom.